The summed E-state index contributed by atoms with van der Waals surface area (Å²) < 4.78 is 44.9. The summed E-state index contributed by atoms with van der Waals surface area (Å²) in [6.45, 7) is 4.83. The number of benzene rings is 3. The maximum atomic E-state index is 13.5. The van der Waals surface area contributed by atoms with Gasteiger partial charge in [-0.05, 0) is 49.7 Å². The predicted octanol–water partition coefficient (Wildman–Crippen LogP) is 3.47. The van der Waals surface area contributed by atoms with Gasteiger partial charge in [-0.1, -0.05) is 35.9 Å². The fourth-order valence-corrected chi connectivity index (χ4v) is 5.15. The highest BCUT2D eigenvalue weighted by Gasteiger charge is 2.28. The van der Waals surface area contributed by atoms with E-state index < -0.39 is 22.5 Å². The summed E-state index contributed by atoms with van der Waals surface area (Å²) >= 11 is 0. The van der Waals surface area contributed by atoms with Crippen molar-refractivity contribution >= 4 is 21.6 Å². The molecule has 0 radical (unpaired) electrons. The first kappa shape index (κ1) is 24.4. The van der Waals surface area contributed by atoms with Gasteiger partial charge in [0.25, 0.3) is 10.0 Å². The van der Waals surface area contributed by atoms with Crippen LogP contribution in [0.3, 0.4) is 0 Å². The minimum absolute atomic E-state index is 0.0841. The number of sulfonamides is 1. The minimum atomic E-state index is -4.01. The van der Waals surface area contributed by atoms with Gasteiger partial charge in [0.1, 0.15) is 32.1 Å². The fourth-order valence-electron chi connectivity index (χ4n) is 3.72. The molecule has 1 heterocycles. The molecule has 0 bridgehead atoms. The molecule has 35 heavy (non-hydrogen) atoms. The Bertz CT molecular complexity index is 1290. The van der Waals surface area contributed by atoms with E-state index >= 15 is 0 Å². The van der Waals surface area contributed by atoms with Gasteiger partial charge in [0.05, 0.1) is 17.1 Å². The number of nitrogens with zero attached hydrogens (tertiary/aromatic N) is 1. The Morgan fingerprint density at radius 1 is 0.971 bits per heavy atom. The Morgan fingerprint density at radius 3 is 2.46 bits per heavy atom. The number of rotatable bonds is 9. The zero-order valence-electron chi connectivity index (χ0n) is 19.7. The third kappa shape index (κ3) is 5.86. The van der Waals surface area contributed by atoms with Crippen LogP contribution in [-0.4, -0.2) is 47.2 Å². The van der Waals surface area contributed by atoms with E-state index in [0.29, 0.717) is 30.4 Å². The Morgan fingerprint density at radius 2 is 1.71 bits per heavy atom. The Balaban J connectivity index is 1.48. The molecule has 3 aromatic rings. The molecule has 1 aliphatic heterocycles. The molecular weight excluding hydrogens is 468 g/mol. The van der Waals surface area contributed by atoms with Crippen LogP contribution in [0.5, 0.6) is 17.2 Å². The third-order valence-corrected chi connectivity index (χ3v) is 7.23. The van der Waals surface area contributed by atoms with Crippen LogP contribution >= 0.6 is 0 Å². The summed E-state index contributed by atoms with van der Waals surface area (Å²) in [6.07, 6.45) is 0. The van der Waals surface area contributed by atoms with Crippen LogP contribution in [-0.2, 0) is 14.8 Å². The summed E-state index contributed by atoms with van der Waals surface area (Å²) in [7, 11) is -4.01. The van der Waals surface area contributed by atoms with Crippen molar-refractivity contribution in [3.8, 4) is 17.2 Å². The van der Waals surface area contributed by atoms with E-state index in [2.05, 4.69) is 5.32 Å². The van der Waals surface area contributed by atoms with Gasteiger partial charge in [-0.3, -0.25) is 9.10 Å². The average molecular weight is 497 g/mol. The largest absolute Gasteiger partial charge is 0.491 e. The molecule has 184 valence electrons. The van der Waals surface area contributed by atoms with E-state index in [-0.39, 0.29) is 18.0 Å². The smallest absolute Gasteiger partial charge is 0.264 e. The number of amides is 1. The predicted molar refractivity (Wildman–Crippen MR) is 133 cm³/mol. The van der Waals surface area contributed by atoms with E-state index in [1.54, 1.807) is 36.4 Å². The van der Waals surface area contributed by atoms with Gasteiger partial charge in [-0.2, -0.15) is 0 Å². The molecule has 0 saturated carbocycles. The molecule has 0 aliphatic carbocycles. The monoisotopic (exact) mass is 496 g/mol. The van der Waals surface area contributed by atoms with Crippen molar-refractivity contribution in [3.05, 3.63) is 77.9 Å². The number of carbonyl (C=O) groups excluding carboxylic acids is 1. The lowest BCUT2D eigenvalue weighted by atomic mass is 10.1. The Kier molecular flexibility index (Phi) is 7.45. The molecule has 3 aromatic carbocycles. The van der Waals surface area contributed by atoms with Crippen LogP contribution in [0.2, 0.25) is 0 Å². The third-order valence-electron chi connectivity index (χ3n) is 5.44. The molecule has 1 aliphatic rings. The van der Waals surface area contributed by atoms with E-state index in [1.165, 1.54) is 12.1 Å². The first-order valence-corrected chi connectivity index (χ1v) is 12.7. The first-order valence-electron chi connectivity index (χ1n) is 11.3. The number of hydrogen-bond donors (Lipinski definition) is 1. The highest BCUT2D eigenvalue weighted by Crippen LogP contribution is 2.35. The highest BCUT2D eigenvalue weighted by atomic mass is 32.2. The minimum Gasteiger partial charge on any atom is -0.491 e. The normalized spacial score (nSPS) is 12.6. The second-order valence-electron chi connectivity index (χ2n) is 8.12. The number of nitrogens with one attached hydrogen (secondary N) is 1. The highest BCUT2D eigenvalue weighted by molar-refractivity contribution is 7.92. The van der Waals surface area contributed by atoms with Gasteiger partial charge in [0.2, 0.25) is 5.91 Å². The van der Waals surface area contributed by atoms with E-state index in [9.17, 15) is 13.2 Å². The van der Waals surface area contributed by atoms with Crippen molar-refractivity contribution in [2.45, 2.75) is 18.7 Å². The van der Waals surface area contributed by atoms with Crippen LogP contribution < -0.4 is 23.8 Å². The lowest BCUT2D eigenvalue weighted by Crippen LogP contribution is -2.42. The standard InChI is InChI=1S/C26H28N2O6S/c1-19-8-10-23(20(2)16-19)32-13-12-27-26(29)18-28(35(30,31)22-6-4-3-5-7-22)21-9-11-24-25(17-21)34-15-14-33-24/h3-11,16-17H,12-15,18H2,1-2H3,(H,27,29). The van der Waals surface area contributed by atoms with Gasteiger partial charge in [0, 0.05) is 6.07 Å². The molecule has 8 nitrogen and oxygen atoms in total. The molecule has 1 N–H and O–H groups in total. The van der Waals surface area contributed by atoms with Crippen LogP contribution in [0.1, 0.15) is 11.1 Å². The molecule has 0 unspecified atom stereocenters. The SMILES string of the molecule is Cc1ccc(OCCNC(=O)CN(c2ccc3c(c2)OCCO3)S(=O)(=O)c2ccccc2)c(C)c1. The van der Waals surface area contributed by atoms with E-state index in [0.717, 1.165) is 21.2 Å². The molecule has 4 rings (SSSR count). The van der Waals surface area contributed by atoms with Crippen molar-refractivity contribution in [1.82, 2.24) is 5.32 Å². The number of carbonyl (C=O) groups is 1. The quantitative estimate of drug-likeness (QED) is 0.456. The number of anilines is 1. The molecular formula is C26H28N2O6S. The molecule has 1 amide bonds. The molecule has 9 heteroatoms. The topological polar surface area (TPSA) is 94.2 Å². The molecule has 0 fully saturated rings. The summed E-state index contributed by atoms with van der Waals surface area (Å²) in [5.74, 6) is 1.26. The number of hydrogen-bond acceptors (Lipinski definition) is 6. The van der Waals surface area contributed by atoms with E-state index in [4.69, 9.17) is 14.2 Å². The van der Waals surface area contributed by atoms with Gasteiger partial charge in [-0.25, -0.2) is 8.42 Å². The second-order valence-corrected chi connectivity index (χ2v) is 9.98. The lowest BCUT2D eigenvalue weighted by molar-refractivity contribution is -0.119. The molecule has 0 atom stereocenters. The Hall–Kier alpha value is -3.72. The van der Waals surface area contributed by atoms with Gasteiger partial charge < -0.3 is 19.5 Å². The summed E-state index contributed by atoms with van der Waals surface area (Å²) in [4.78, 5) is 12.9. The van der Waals surface area contributed by atoms with Crippen molar-refractivity contribution in [2.75, 3.05) is 37.2 Å². The molecule has 0 aromatic heterocycles. The van der Waals surface area contributed by atoms with Gasteiger partial charge in [-0.15, -0.1) is 0 Å². The number of fused-ring (bicyclic) bond motifs is 1. The maximum absolute atomic E-state index is 13.5. The van der Waals surface area contributed by atoms with Crippen LogP contribution in [0.4, 0.5) is 5.69 Å². The van der Waals surface area contributed by atoms with Crippen molar-refractivity contribution in [2.24, 2.45) is 0 Å². The van der Waals surface area contributed by atoms with Crippen molar-refractivity contribution in [3.63, 3.8) is 0 Å². The van der Waals surface area contributed by atoms with Crippen LogP contribution in [0, 0.1) is 13.8 Å². The second kappa shape index (κ2) is 10.7. The first-order chi connectivity index (χ1) is 16.8. The zero-order chi connectivity index (χ0) is 24.8. The Labute approximate surface area is 205 Å². The van der Waals surface area contributed by atoms with Crippen LogP contribution in [0.25, 0.3) is 0 Å². The van der Waals surface area contributed by atoms with Crippen LogP contribution in [0.15, 0.2) is 71.6 Å². The van der Waals surface area contributed by atoms with E-state index in [1.807, 2.05) is 32.0 Å². The molecule has 0 saturated heterocycles. The van der Waals surface area contributed by atoms with Crippen molar-refractivity contribution < 1.29 is 27.4 Å². The number of aryl methyl sites for hydroxylation is 2. The summed E-state index contributed by atoms with van der Waals surface area (Å²) in [6, 6.07) is 18.7. The summed E-state index contributed by atoms with van der Waals surface area (Å²) in [5.41, 5.74) is 2.46. The van der Waals surface area contributed by atoms with Gasteiger partial charge >= 0.3 is 0 Å². The lowest BCUT2D eigenvalue weighted by Gasteiger charge is -2.26. The summed E-state index contributed by atoms with van der Waals surface area (Å²) in [5, 5.41) is 2.74. The zero-order valence-corrected chi connectivity index (χ0v) is 20.5. The fraction of sp³-hybridized carbons (Fsp3) is 0.269. The van der Waals surface area contributed by atoms with Gasteiger partial charge in [0.15, 0.2) is 11.5 Å². The molecule has 0 spiro atoms. The number of ether oxygens (including phenoxy) is 3. The van der Waals surface area contributed by atoms with Crippen molar-refractivity contribution in [1.29, 1.82) is 0 Å². The average Bonchev–Trinajstić information content (AvgIpc) is 2.86. The maximum Gasteiger partial charge on any atom is 0.264 e.